The van der Waals surface area contributed by atoms with Crippen molar-refractivity contribution in [3.63, 3.8) is 0 Å². The molecule has 4 heteroatoms. The monoisotopic (exact) mass is 236 g/mol. The van der Waals surface area contributed by atoms with Crippen molar-refractivity contribution in [3.05, 3.63) is 35.1 Å². The van der Waals surface area contributed by atoms with Gasteiger partial charge in [0.1, 0.15) is 5.82 Å². The Hall–Kier alpha value is -1.71. The Morgan fingerprint density at radius 3 is 2.65 bits per heavy atom. The molecule has 1 fully saturated rings. The van der Waals surface area contributed by atoms with Gasteiger partial charge < -0.3 is 4.74 Å². The molecule has 0 saturated heterocycles. The van der Waals surface area contributed by atoms with Crippen molar-refractivity contribution in [3.8, 4) is 0 Å². The molecule has 1 aliphatic rings. The van der Waals surface area contributed by atoms with Crippen molar-refractivity contribution in [1.82, 2.24) is 0 Å². The molecule has 17 heavy (non-hydrogen) atoms. The molecule has 0 heterocycles. The van der Waals surface area contributed by atoms with Crippen molar-refractivity contribution in [1.29, 1.82) is 0 Å². The number of carbonyl (C=O) groups excluding carboxylic acids is 2. The number of hydrogen-bond acceptors (Lipinski definition) is 3. The maximum atomic E-state index is 13.6. The van der Waals surface area contributed by atoms with Gasteiger partial charge in [0, 0.05) is 5.56 Å². The van der Waals surface area contributed by atoms with Crippen LogP contribution in [-0.4, -0.2) is 18.4 Å². The highest BCUT2D eigenvalue weighted by atomic mass is 19.1. The fourth-order valence-corrected chi connectivity index (χ4v) is 1.71. The summed E-state index contributed by atoms with van der Waals surface area (Å²) in [6, 6.07) is 4.18. The lowest BCUT2D eigenvalue weighted by atomic mass is 10.0. The third kappa shape index (κ3) is 2.52. The second kappa shape index (κ2) is 4.65. The van der Waals surface area contributed by atoms with Gasteiger partial charge in [-0.15, -0.1) is 0 Å². The number of rotatable bonds is 4. The van der Waals surface area contributed by atoms with Crippen LogP contribution in [0.5, 0.6) is 0 Å². The molecular weight excluding hydrogens is 223 g/mol. The molecule has 0 radical (unpaired) electrons. The Morgan fingerprint density at radius 1 is 1.41 bits per heavy atom. The minimum Gasteiger partial charge on any atom is -0.460 e. The van der Waals surface area contributed by atoms with Crippen molar-refractivity contribution < 1.29 is 18.7 Å². The van der Waals surface area contributed by atoms with Gasteiger partial charge in [-0.25, -0.2) is 9.18 Å². The van der Waals surface area contributed by atoms with Gasteiger partial charge in [0.2, 0.25) is 0 Å². The predicted octanol–water partition coefficient (Wildman–Crippen LogP) is 2.45. The smallest absolute Gasteiger partial charge is 0.379 e. The zero-order valence-corrected chi connectivity index (χ0v) is 9.53. The summed E-state index contributed by atoms with van der Waals surface area (Å²) < 4.78 is 18.2. The molecule has 0 aromatic heterocycles. The SMILES string of the molecule is CCOC(=O)C(=O)c1ccc(C2CC2)c(F)c1. The Balaban J connectivity index is 2.19. The lowest BCUT2D eigenvalue weighted by Gasteiger charge is -2.04. The van der Waals surface area contributed by atoms with Crippen molar-refractivity contribution >= 4 is 11.8 Å². The first-order valence-electron chi connectivity index (χ1n) is 5.64. The van der Waals surface area contributed by atoms with Gasteiger partial charge in [0.15, 0.2) is 0 Å². The second-order valence-electron chi connectivity index (χ2n) is 4.06. The highest BCUT2D eigenvalue weighted by Gasteiger charge is 2.27. The molecule has 1 aromatic rings. The summed E-state index contributed by atoms with van der Waals surface area (Å²) in [6.45, 7) is 1.75. The zero-order chi connectivity index (χ0) is 12.4. The Morgan fingerprint density at radius 2 is 2.12 bits per heavy atom. The third-order valence-electron chi connectivity index (χ3n) is 2.74. The van der Waals surface area contributed by atoms with Gasteiger partial charge in [0.05, 0.1) is 6.61 Å². The van der Waals surface area contributed by atoms with Crippen LogP contribution in [0.1, 0.15) is 41.6 Å². The van der Waals surface area contributed by atoms with E-state index in [2.05, 4.69) is 4.74 Å². The molecule has 90 valence electrons. The van der Waals surface area contributed by atoms with Gasteiger partial charge >= 0.3 is 5.97 Å². The van der Waals surface area contributed by atoms with E-state index in [1.54, 1.807) is 13.0 Å². The Bertz CT molecular complexity index is 464. The average molecular weight is 236 g/mol. The van der Waals surface area contributed by atoms with E-state index in [0.29, 0.717) is 5.56 Å². The molecule has 0 spiro atoms. The summed E-state index contributed by atoms with van der Waals surface area (Å²) in [5, 5.41) is 0. The van der Waals surface area contributed by atoms with E-state index in [9.17, 15) is 14.0 Å². The first kappa shape index (κ1) is 11.8. The summed E-state index contributed by atoms with van der Waals surface area (Å²) in [4.78, 5) is 22.7. The first-order chi connectivity index (χ1) is 8.13. The number of ketones is 1. The molecule has 0 bridgehead atoms. The molecule has 1 aliphatic carbocycles. The number of benzene rings is 1. The van der Waals surface area contributed by atoms with Crippen LogP contribution in [0.2, 0.25) is 0 Å². The quantitative estimate of drug-likeness (QED) is 0.458. The van der Waals surface area contributed by atoms with E-state index in [4.69, 9.17) is 0 Å². The van der Waals surface area contributed by atoms with Crippen molar-refractivity contribution in [2.75, 3.05) is 6.61 Å². The number of esters is 1. The molecular formula is C13H13FO3. The van der Waals surface area contributed by atoms with E-state index in [1.165, 1.54) is 6.07 Å². The number of ether oxygens (including phenoxy) is 1. The maximum absolute atomic E-state index is 13.6. The highest BCUT2D eigenvalue weighted by molar-refractivity contribution is 6.40. The molecule has 3 nitrogen and oxygen atoms in total. The van der Waals surface area contributed by atoms with E-state index < -0.39 is 17.6 Å². The van der Waals surface area contributed by atoms with Crippen molar-refractivity contribution in [2.24, 2.45) is 0 Å². The van der Waals surface area contributed by atoms with Gasteiger partial charge in [-0.05, 0) is 37.3 Å². The summed E-state index contributed by atoms with van der Waals surface area (Å²) >= 11 is 0. The lowest BCUT2D eigenvalue weighted by Crippen LogP contribution is -2.17. The van der Waals surface area contributed by atoms with E-state index in [-0.39, 0.29) is 18.1 Å². The Kier molecular flexibility index (Phi) is 3.22. The topological polar surface area (TPSA) is 43.4 Å². The van der Waals surface area contributed by atoms with Gasteiger partial charge in [0.25, 0.3) is 5.78 Å². The standard InChI is InChI=1S/C13H13FO3/c1-2-17-13(16)12(15)9-5-6-10(8-3-4-8)11(14)7-9/h5-8H,2-4H2,1H3. The van der Waals surface area contributed by atoms with E-state index >= 15 is 0 Å². The van der Waals surface area contributed by atoms with Gasteiger partial charge in [-0.3, -0.25) is 4.79 Å². The number of halogens is 1. The van der Waals surface area contributed by atoms with Crippen LogP contribution >= 0.6 is 0 Å². The number of carbonyl (C=O) groups is 2. The van der Waals surface area contributed by atoms with E-state index in [1.807, 2.05) is 0 Å². The van der Waals surface area contributed by atoms with Gasteiger partial charge in [-0.1, -0.05) is 12.1 Å². The molecule has 0 amide bonds. The summed E-state index contributed by atoms with van der Waals surface area (Å²) in [6.07, 6.45) is 1.98. The van der Waals surface area contributed by atoms with Crippen LogP contribution in [0.15, 0.2) is 18.2 Å². The zero-order valence-electron chi connectivity index (χ0n) is 9.53. The molecule has 0 aliphatic heterocycles. The molecule has 2 rings (SSSR count). The summed E-state index contributed by atoms with van der Waals surface area (Å²) in [5.74, 6) is -1.87. The summed E-state index contributed by atoms with van der Waals surface area (Å²) in [7, 11) is 0. The second-order valence-corrected chi connectivity index (χ2v) is 4.06. The third-order valence-corrected chi connectivity index (χ3v) is 2.74. The number of Topliss-reactive ketones (excluding diaryl/α,β-unsaturated/α-hetero) is 1. The van der Waals surface area contributed by atoms with Crippen molar-refractivity contribution in [2.45, 2.75) is 25.7 Å². The molecule has 1 saturated carbocycles. The first-order valence-corrected chi connectivity index (χ1v) is 5.64. The predicted molar refractivity (Wildman–Crippen MR) is 59.3 cm³/mol. The normalized spacial score (nSPS) is 14.5. The van der Waals surface area contributed by atoms with Crippen LogP contribution in [0.25, 0.3) is 0 Å². The lowest BCUT2D eigenvalue weighted by molar-refractivity contribution is -0.137. The highest BCUT2D eigenvalue weighted by Crippen LogP contribution is 2.41. The minimum absolute atomic E-state index is 0.0466. The molecule has 0 N–H and O–H groups in total. The minimum atomic E-state index is -0.939. The van der Waals surface area contributed by atoms with Gasteiger partial charge in [-0.2, -0.15) is 0 Å². The molecule has 0 unspecified atom stereocenters. The van der Waals surface area contributed by atoms with Crippen LogP contribution in [0.4, 0.5) is 4.39 Å². The van der Waals surface area contributed by atoms with Crippen LogP contribution in [-0.2, 0) is 9.53 Å². The fraction of sp³-hybridized carbons (Fsp3) is 0.385. The fourth-order valence-electron chi connectivity index (χ4n) is 1.71. The maximum Gasteiger partial charge on any atom is 0.379 e. The molecule has 0 atom stereocenters. The largest absolute Gasteiger partial charge is 0.460 e. The summed E-state index contributed by atoms with van der Waals surface area (Å²) in [5.41, 5.74) is 0.677. The molecule has 1 aromatic carbocycles. The number of hydrogen-bond donors (Lipinski definition) is 0. The average Bonchev–Trinajstić information content (AvgIpc) is 3.12. The van der Waals surface area contributed by atoms with Crippen LogP contribution in [0, 0.1) is 5.82 Å². The Labute approximate surface area is 98.6 Å². The van der Waals surface area contributed by atoms with Crippen LogP contribution < -0.4 is 0 Å². The van der Waals surface area contributed by atoms with E-state index in [0.717, 1.165) is 18.9 Å². The van der Waals surface area contributed by atoms with Crippen LogP contribution in [0.3, 0.4) is 0 Å².